The van der Waals surface area contributed by atoms with Crippen LogP contribution in [0.25, 0.3) is 10.9 Å². The predicted octanol–water partition coefficient (Wildman–Crippen LogP) is 2.05. The Labute approximate surface area is 133 Å². The molecule has 1 amide bonds. The minimum Gasteiger partial charge on any atom is -0.376 e. The van der Waals surface area contributed by atoms with Gasteiger partial charge in [0.05, 0.1) is 12.7 Å². The van der Waals surface area contributed by atoms with E-state index >= 15 is 0 Å². The zero-order chi connectivity index (χ0) is 16.2. The second-order valence-corrected chi connectivity index (χ2v) is 5.70. The van der Waals surface area contributed by atoms with Crippen molar-refractivity contribution in [2.75, 3.05) is 18.5 Å². The first-order chi connectivity index (χ1) is 11.1. The van der Waals surface area contributed by atoms with Gasteiger partial charge in [-0.05, 0) is 38.0 Å². The van der Waals surface area contributed by atoms with Crippen LogP contribution in [0.2, 0.25) is 0 Å². The standard InChI is InChI=1S/C17H20N2O4/c1-11(23-10-13-3-2-8-22-13)17(21)19-12-4-5-15-14(9-12)16(20)6-7-18-15/h4-7,9,11,13H,2-3,8,10H2,1H3,(H,18,20)(H,19,21). The minimum absolute atomic E-state index is 0.0856. The molecule has 2 N–H and O–H groups in total. The lowest BCUT2D eigenvalue weighted by Crippen LogP contribution is -2.30. The Morgan fingerprint density at radius 3 is 3.13 bits per heavy atom. The molecule has 1 aliphatic heterocycles. The fourth-order valence-corrected chi connectivity index (χ4v) is 2.60. The number of carbonyl (C=O) groups excluding carboxylic acids is 1. The van der Waals surface area contributed by atoms with Gasteiger partial charge < -0.3 is 19.8 Å². The summed E-state index contributed by atoms with van der Waals surface area (Å²) in [5.41, 5.74) is 1.22. The van der Waals surface area contributed by atoms with E-state index < -0.39 is 6.10 Å². The van der Waals surface area contributed by atoms with E-state index in [1.165, 1.54) is 6.07 Å². The molecule has 1 aliphatic rings. The lowest BCUT2D eigenvalue weighted by molar-refractivity contribution is -0.128. The Morgan fingerprint density at radius 2 is 2.35 bits per heavy atom. The number of anilines is 1. The molecular weight excluding hydrogens is 296 g/mol. The largest absolute Gasteiger partial charge is 0.376 e. The maximum absolute atomic E-state index is 12.2. The number of amides is 1. The lowest BCUT2D eigenvalue weighted by Gasteiger charge is -2.16. The highest BCUT2D eigenvalue weighted by molar-refractivity contribution is 5.96. The summed E-state index contributed by atoms with van der Waals surface area (Å²) in [5.74, 6) is -0.241. The molecule has 0 saturated carbocycles. The van der Waals surface area contributed by atoms with Crippen molar-refractivity contribution < 1.29 is 14.3 Å². The molecule has 2 heterocycles. The summed E-state index contributed by atoms with van der Waals surface area (Å²) in [7, 11) is 0. The lowest BCUT2D eigenvalue weighted by atomic mass is 10.2. The first-order valence-electron chi connectivity index (χ1n) is 7.79. The fourth-order valence-electron chi connectivity index (χ4n) is 2.60. The van der Waals surface area contributed by atoms with E-state index in [0.29, 0.717) is 17.7 Å². The number of aromatic amines is 1. The van der Waals surface area contributed by atoms with Crippen molar-refractivity contribution in [3.8, 4) is 0 Å². The van der Waals surface area contributed by atoms with Gasteiger partial charge in [0.1, 0.15) is 6.10 Å². The molecule has 23 heavy (non-hydrogen) atoms. The average molecular weight is 316 g/mol. The Bertz CT molecular complexity index is 750. The maximum atomic E-state index is 12.2. The second kappa shape index (κ2) is 6.93. The van der Waals surface area contributed by atoms with Crippen LogP contribution in [0.1, 0.15) is 19.8 Å². The third-order valence-corrected chi connectivity index (χ3v) is 3.95. The summed E-state index contributed by atoms with van der Waals surface area (Å²) in [5, 5.41) is 3.32. The van der Waals surface area contributed by atoms with E-state index in [0.717, 1.165) is 25.0 Å². The Hall–Kier alpha value is -2.18. The summed E-state index contributed by atoms with van der Waals surface area (Å²) in [6.07, 6.45) is 3.12. The Balaban J connectivity index is 1.62. The van der Waals surface area contributed by atoms with Gasteiger partial charge in [-0.15, -0.1) is 0 Å². The van der Waals surface area contributed by atoms with Crippen LogP contribution >= 0.6 is 0 Å². The summed E-state index contributed by atoms with van der Waals surface area (Å²) >= 11 is 0. The molecule has 0 bridgehead atoms. The molecule has 2 unspecified atom stereocenters. The number of benzene rings is 1. The second-order valence-electron chi connectivity index (χ2n) is 5.70. The summed E-state index contributed by atoms with van der Waals surface area (Å²) in [6, 6.07) is 6.65. The number of nitrogens with one attached hydrogen (secondary N) is 2. The number of rotatable bonds is 5. The zero-order valence-electron chi connectivity index (χ0n) is 13.0. The van der Waals surface area contributed by atoms with Crippen LogP contribution in [0.5, 0.6) is 0 Å². The number of carbonyl (C=O) groups is 1. The van der Waals surface area contributed by atoms with Gasteiger partial charge in [-0.1, -0.05) is 0 Å². The van der Waals surface area contributed by atoms with Crippen molar-refractivity contribution in [1.29, 1.82) is 0 Å². The fraction of sp³-hybridized carbons (Fsp3) is 0.412. The van der Waals surface area contributed by atoms with Gasteiger partial charge in [0.25, 0.3) is 5.91 Å². The van der Waals surface area contributed by atoms with Crippen molar-refractivity contribution in [3.63, 3.8) is 0 Å². The Kier molecular flexibility index (Phi) is 4.73. The molecule has 0 radical (unpaired) electrons. The summed E-state index contributed by atoms with van der Waals surface area (Å²) in [4.78, 5) is 27.0. The van der Waals surface area contributed by atoms with Crippen LogP contribution in [-0.4, -0.2) is 36.3 Å². The van der Waals surface area contributed by atoms with E-state index in [-0.39, 0.29) is 17.4 Å². The van der Waals surface area contributed by atoms with Gasteiger partial charge in [-0.3, -0.25) is 9.59 Å². The molecule has 1 fully saturated rings. The molecule has 0 spiro atoms. The van der Waals surface area contributed by atoms with Crippen LogP contribution in [-0.2, 0) is 14.3 Å². The van der Waals surface area contributed by atoms with Crippen LogP contribution in [0.3, 0.4) is 0 Å². The van der Waals surface area contributed by atoms with E-state index in [1.807, 2.05) is 0 Å². The van der Waals surface area contributed by atoms with Crippen molar-refractivity contribution >= 4 is 22.5 Å². The smallest absolute Gasteiger partial charge is 0.253 e. The minimum atomic E-state index is -0.580. The molecule has 6 heteroatoms. The molecule has 1 aromatic carbocycles. The molecule has 3 rings (SSSR count). The Morgan fingerprint density at radius 1 is 1.48 bits per heavy atom. The number of H-pyrrole nitrogens is 1. The third-order valence-electron chi connectivity index (χ3n) is 3.95. The molecule has 0 aliphatic carbocycles. The van der Waals surface area contributed by atoms with Crippen LogP contribution < -0.4 is 10.7 Å². The van der Waals surface area contributed by atoms with E-state index in [4.69, 9.17) is 9.47 Å². The third kappa shape index (κ3) is 3.78. The van der Waals surface area contributed by atoms with Crippen molar-refractivity contribution in [2.45, 2.75) is 32.0 Å². The molecule has 1 saturated heterocycles. The summed E-state index contributed by atoms with van der Waals surface area (Å²) in [6.45, 7) is 2.89. The van der Waals surface area contributed by atoms with Gasteiger partial charge in [0.2, 0.25) is 0 Å². The first kappa shape index (κ1) is 15.7. The number of ether oxygens (including phenoxy) is 2. The van der Waals surface area contributed by atoms with Gasteiger partial charge in [0, 0.05) is 35.5 Å². The van der Waals surface area contributed by atoms with E-state index in [1.54, 1.807) is 31.3 Å². The summed E-state index contributed by atoms with van der Waals surface area (Å²) < 4.78 is 11.0. The topological polar surface area (TPSA) is 80.4 Å². The van der Waals surface area contributed by atoms with Gasteiger partial charge in [0.15, 0.2) is 5.43 Å². The van der Waals surface area contributed by atoms with Gasteiger partial charge >= 0.3 is 0 Å². The van der Waals surface area contributed by atoms with Crippen molar-refractivity contribution in [1.82, 2.24) is 4.98 Å². The monoisotopic (exact) mass is 316 g/mol. The van der Waals surface area contributed by atoms with E-state index in [2.05, 4.69) is 10.3 Å². The number of pyridine rings is 1. The van der Waals surface area contributed by atoms with Crippen molar-refractivity contribution in [3.05, 3.63) is 40.7 Å². The number of hydrogen-bond donors (Lipinski definition) is 2. The van der Waals surface area contributed by atoms with Crippen LogP contribution in [0, 0.1) is 0 Å². The highest BCUT2D eigenvalue weighted by Crippen LogP contribution is 2.16. The highest BCUT2D eigenvalue weighted by atomic mass is 16.5. The number of fused-ring (bicyclic) bond motifs is 1. The molecular formula is C17H20N2O4. The normalized spacial score (nSPS) is 18.9. The first-order valence-corrected chi connectivity index (χ1v) is 7.79. The SMILES string of the molecule is CC(OCC1CCCO1)C(=O)Nc1ccc2[nH]ccc(=O)c2c1. The van der Waals surface area contributed by atoms with E-state index in [9.17, 15) is 9.59 Å². The van der Waals surface area contributed by atoms with Crippen LogP contribution in [0.4, 0.5) is 5.69 Å². The molecule has 122 valence electrons. The van der Waals surface area contributed by atoms with Gasteiger partial charge in [-0.2, -0.15) is 0 Å². The molecule has 1 aromatic heterocycles. The van der Waals surface area contributed by atoms with Gasteiger partial charge in [-0.25, -0.2) is 0 Å². The number of hydrogen-bond acceptors (Lipinski definition) is 4. The maximum Gasteiger partial charge on any atom is 0.253 e. The highest BCUT2D eigenvalue weighted by Gasteiger charge is 2.20. The average Bonchev–Trinajstić information content (AvgIpc) is 3.07. The predicted molar refractivity (Wildman–Crippen MR) is 87.6 cm³/mol. The van der Waals surface area contributed by atoms with Crippen LogP contribution in [0.15, 0.2) is 35.3 Å². The molecule has 2 aromatic rings. The molecule has 6 nitrogen and oxygen atoms in total. The zero-order valence-corrected chi connectivity index (χ0v) is 13.0. The number of aromatic nitrogens is 1. The molecule has 2 atom stereocenters. The quantitative estimate of drug-likeness (QED) is 0.884. The van der Waals surface area contributed by atoms with Crippen molar-refractivity contribution in [2.24, 2.45) is 0 Å².